The van der Waals surface area contributed by atoms with Gasteiger partial charge in [0.25, 0.3) is 0 Å². The van der Waals surface area contributed by atoms with E-state index in [0.717, 1.165) is 5.69 Å². The van der Waals surface area contributed by atoms with Gasteiger partial charge in [-0.1, -0.05) is 18.2 Å². The van der Waals surface area contributed by atoms with Gasteiger partial charge in [0.05, 0.1) is 0 Å². The fraction of sp³-hybridized carbons (Fsp3) is 0.529. The van der Waals surface area contributed by atoms with Crippen LogP contribution < -0.4 is 4.90 Å². The van der Waals surface area contributed by atoms with Crippen molar-refractivity contribution in [1.29, 1.82) is 0 Å². The van der Waals surface area contributed by atoms with E-state index in [9.17, 15) is 9.59 Å². The minimum atomic E-state index is -0.533. The Kier molecular flexibility index (Phi) is 4.66. The number of amides is 1. The van der Waals surface area contributed by atoms with Crippen LogP contribution >= 0.6 is 0 Å². The van der Waals surface area contributed by atoms with Gasteiger partial charge in [0.15, 0.2) is 0 Å². The van der Waals surface area contributed by atoms with Gasteiger partial charge in [-0.2, -0.15) is 0 Å². The molecule has 21 heavy (non-hydrogen) atoms. The maximum absolute atomic E-state index is 12.6. The molecule has 1 fully saturated rings. The number of para-hydroxylation sites is 1. The molecule has 1 aromatic carbocycles. The molecule has 1 aliphatic carbocycles. The molecule has 0 unspecified atom stereocenters. The number of carbonyl (C=O) groups excluding carboxylic acids is 2. The molecule has 1 saturated carbocycles. The van der Waals surface area contributed by atoms with E-state index < -0.39 is 5.60 Å². The fourth-order valence-corrected chi connectivity index (χ4v) is 2.55. The largest absolute Gasteiger partial charge is 0.443 e. The maximum Gasteiger partial charge on any atom is 0.415 e. The first-order valence-electron chi connectivity index (χ1n) is 7.46. The molecule has 114 valence electrons. The lowest BCUT2D eigenvalue weighted by Gasteiger charge is -2.35. The second kappa shape index (κ2) is 6.29. The molecule has 0 radical (unpaired) electrons. The summed E-state index contributed by atoms with van der Waals surface area (Å²) in [6.45, 7) is 5.58. The van der Waals surface area contributed by atoms with Gasteiger partial charge < -0.3 is 4.74 Å². The average molecular weight is 289 g/mol. The molecular formula is C17H23NO3. The summed E-state index contributed by atoms with van der Waals surface area (Å²) < 4.78 is 5.54. The number of Topliss-reactive ketones (excluding diaryl/α,β-unsaturated/α-hetero) is 1. The number of rotatable bonds is 2. The van der Waals surface area contributed by atoms with Crippen molar-refractivity contribution in [2.75, 3.05) is 4.90 Å². The van der Waals surface area contributed by atoms with Gasteiger partial charge in [0, 0.05) is 24.6 Å². The van der Waals surface area contributed by atoms with Crippen LogP contribution in [-0.2, 0) is 9.53 Å². The predicted octanol–water partition coefficient (Wildman–Crippen LogP) is 3.94. The van der Waals surface area contributed by atoms with Crippen molar-refractivity contribution in [2.45, 2.75) is 58.1 Å². The van der Waals surface area contributed by atoms with Gasteiger partial charge in [-0.15, -0.1) is 0 Å². The number of hydrogen-bond donors (Lipinski definition) is 0. The number of hydrogen-bond acceptors (Lipinski definition) is 3. The van der Waals surface area contributed by atoms with Gasteiger partial charge in [-0.25, -0.2) is 4.79 Å². The van der Waals surface area contributed by atoms with E-state index in [-0.39, 0.29) is 17.9 Å². The summed E-state index contributed by atoms with van der Waals surface area (Å²) in [5, 5.41) is 0. The zero-order chi connectivity index (χ0) is 15.5. The first-order valence-corrected chi connectivity index (χ1v) is 7.46. The zero-order valence-corrected chi connectivity index (χ0v) is 13.0. The Balaban J connectivity index is 2.22. The predicted molar refractivity (Wildman–Crippen MR) is 82.4 cm³/mol. The first kappa shape index (κ1) is 15.5. The minimum Gasteiger partial charge on any atom is -0.443 e. The van der Waals surface area contributed by atoms with E-state index in [4.69, 9.17) is 4.74 Å². The summed E-state index contributed by atoms with van der Waals surface area (Å²) in [7, 11) is 0. The number of ketones is 1. The third-order valence-corrected chi connectivity index (χ3v) is 3.50. The number of carbonyl (C=O) groups is 2. The summed E-state index contributed by atoms with van der Waals surface area (Å²) in [4.78, 5) is 25.7. The summed E-state index contributed by atoms with van der Waals surface area (Å²) in [6, 6.07) is 9.56. The molecule has 4 heteroatoms. The highest BCUT2D eigenvalue weighted by molar-refractivity contribution is 5.89. The molecule has 0 saturated heterocycles. The molecule has 0 atom stereocenters. The van der Waals surface area contributed by atoms with Crippen molar-refractivity contribution >= 4 is 17.6 Å². The van der Waals surface area contributed by atoms with Crippen LogP contribution in [0.4, 0.5) is 10.5 Å². The summed E-state index contributed by atoms with van der Waals surface area (Å²) >= 11 is 0. The lowest BCUT2D eigenvalue weighted by atomic mass is 9.93. The average Bonchev–Trinajstić information content (AvgIpc) is 2.40. The van der Waals surface area contributed by atoms with Crippen molar-refractivity contribution in [1.82, 2.24) is 0 Å². The van der Waals surface area contributed by atoms with E-state index in [2.05, 4.69) is 0 Å². The quantitative estimate of drug-likeness (QED) is 0.828. The van der Waals surface area contributed by atoms with E-state index in [1.165, 1.54) is 0 Å². The van der Waals surface area contributed by atoms with E-state index in [0.29, 0.717) is 25.7 Å². The molecule has 0 heterocycles. The molecule has 2 rings (SSSR count). The van der Waals surface area contributed by atoms with Crippen molar-refractivity contribution < 1.29 is 14.3 Å². The standard InChI is InChI=1S/C17H23NO3/c1-17(2,3)21-16(20)18(13-7-5-4-6-8-13)14-9-11-15(19)12-10-14/h4-8,14H,9-12H2,1-3H3. The Morgan fingerprint density at radius 1 is 1.14 bits per heavy atom. The van der Waals surface area contributed by atoms with Crippen LogP contribution in [0.2, 0.25) is 0 Å². The van der Waals surface area contributed by atoms with Gasteiger partial charge in [0.1, 0.15) is 11.4 Å². The van der Waals surface area contributed by atoms with Crippen molar-refractivity contribution in [3.05, 3.63) is 30.3 Å². The van der Waals surface area contributed by atoms with Gasteiger partial charge in [-0.05, 0) is 45.7 Å². The van der Waals surface area contributed by atoms with Crippen LogP contribution in [0.25, 0.3) is 0 Å². The minimum absolute atomic E-state index is 0.0277. The third kappa shape index (κ3) is 4.31. The molecule has 1 amide bonds. The molecule has 0 aromatic heterocycles. The van der Waals surface area contributed by atoms with E-state index in [1.54, 1.807) is 4.90 Å². The highest BCUT2D eigenvalue weighted by Gasteiger charge is 2.32. The zero-order valence-electron chi connectivity index (χ0n) is 13.0. The lowest BCUT2D eigenvalue weighted by molar-refractivity contribution is -0.120. The molecule has 0 spiro atoms. The number of anilines is 1. The Labute approximate surface area is 126 Å². The Hall–Kier alpha value is -1.84. The molecular weight excluding hydrogens is 266 g/mol. The van der Waals surface area contributed by atoms with Crippen LogP contribution in [0, 0.1) is 0 Å². The molecule has 0 aliphatic heterocycles. The van der Waals surface area contributed by atoms with Gasteiger partial charge in [-0.3, -0.25) is 9.69 Å². The van der Waals surface area contributed by atoms with Crippen molar-refractivity contribution in [3.63, 3.8) is 0 Å². The second-order valence-corrected chi connectivity index (χ2v) is 6.46. The van der Waals surface area contributed by atoms with E-state index >= 15 is 0 Å². The van der Waals surface area contributed by atoms with Crippen LogP contribution in [0.3, 0.4) is 0 Å². The van der Waals surface area contributed by atoms with Gasteiger partial charge in [0.2, 0.25) is 0 Å². The number of benzene rings is 1. The van der Waals surface area contributed by atoms with E-state index in [1.807, 2.05) is 51.1 Å². The highest BCUT2D eigenvalue weighted by atomic mass is 16.6. The first-order chi connectivity index (χ1) is 9.87. The van der Waals surface area contributed by atoms with Crippen LogP contribution in [0.15, 0.2) is 30.3 Å². The highest BCUT2D eigenvalue weighted by Crippen LogP contribution is 2.27. The molecule has 1 aliphatic rings. The monoisotopic (exact) mass is 289 g/mol. The number of nitrogens with zero attached hydrogens (tertiary/aromatic N) is 1. The Bertz CT molecular complexity index is 495. The Morgan fingerprint density at radius 2 is 1.71 bits per heavy atom. The second-order valence-electron chi connectivity index (χ2n) is 6.46. The summed E-state index contributed by atoms with van der Waals surface area (Å²) in [5.41, 5.74) is 0.292. The van der Waals surface area contributed by atoms with Gasteiger partial charge >= 0.3 is 6.09 Å². The fourth-order valence-electron chi connectivity index (χ4n) is 2.55. The molecule has 4 nitrogen and oxygen atoms in total. The van der Waals surface area contributed by atoms with Crippen LogP contribution in [0.1, 0.15) is 46.5 Å². The Morgan fingerprint density at radius 3 is 2.24 bits per heavy atom. The lowest BCUT2D eigenvalue weighted by Crippen LogP contribution is -2.45. The maximum atomic E-state index is 12.6. The van der Waals surface area contributed by atoms with Crippen molar-refractivity contribution in [2.24, 2.45) is 0 Å². The number of ether oxygens (including phenoxy) is 1. The summed E-state index contributed by atoms with van der Waals surface area (Å²) in [5.74, 6) is 0.281. The molecule has 0 bridgehead atoms. The van der Waals surface area contributed by atoms with Crippen LogP contribution in [-0.4, -0.2) is 23.5 Å². The van der Waals surface area contributed by atoms with Crippen LogP contribution in [0.5, 0.6) is 0 Å². The summed E-state index contributed by atoms with van der Waals surface area (Å²) in [6.07, 6.45) is 2.14. The molecule has 1 aromatic rings. The van der Waals surface area contributed by atoms with Crippen molar-refractivity contribution in [3.8, 4) is 0 Å². The smallest absolute Gasteiger partial charge is 0.415 e. The normalized spacial score (nSPS) is 16.6. The third-order valence-electron chi connectivity index (χ3n) is 3.50. The topological polar surface area (TPSA) is 46.6 Å². The molecule has 0 N–H and O–H groups in total. The SMILES string of the molecule is CC(C)(C)OC(=O)N(c1ccccc1)C1CCC(=O)CC1.